The van der Waals surface area contributed by atoms with Crippen LogP contribution in [-0.2, 0) is 80.6 Å². The van der Waals surface area contributed by atoms with Gasteiger partial charge in [0.05, 0.1) is 69.5 Å². The number of aliphatic hydroxyl groups excluding tert-OH is 22. The molecule has 0 aromatic heterocycles. The lowest BCUT2D eigenvalue weighted by Crippen LogP contribution is -2.67. The smallest absolute Gasteiger partial charge is 0.315 e. The summed E-state index contributed by atoms with van der Waals surface area (Å²) < 4.78 is 96.7. The zero-order chi connectivity index (χ0) is 83.7. The van der Waals surface area contributed by atoms with Crippen LogP contribution in [0.4, 0.5) is 0 Å². The first-order valence-electron chi connectivity index (χ1n) is 40.4. The third-order valence-corrected chi connectivity index (χ3v) is 29.1. The fourth-order valence-corrected chi connectivity index (χ4v) is 21.6. The lowest BCUT2D eigenvalue weighted by atomic mass is 9.33. The Bertz CT molecular complexity index is 3290. The first-order valence-corrected chi connectivity index (χ1v) is 40.4. The molecule has 0 aromatic rings. The van der Waals surface area contributed by atoms with Gasteiger partial charge >= 0.3 is 5.97 Å². The highest BCUT2D eigenvalue weighted by molar-refractivity contribution is 5.79. The second-order valence-corrected chi connectivity index (χ2v) is 36.4. The molecular weight excluding hydrogens is 1540 g/mol. The topological polar surface area (TPSA) is 610 Å². The average Bonchev–Trinajstić information content (AvgIpc) is 0.673. The second kappa shape index (κ2) is 34.7. The van der Waals surface area contributed by atoms with E-state index in [4.69, 9.17) is 75.8 Å². The minimum atomic E-state index is -2.18. The maximum atomic E-state index is 16.2. The van der Waals surface area contributed by atoms with Crippen LogP contribution in [0, 0.1) is 50.2 Å². The molecule has 0 bridgehead atoms. The molecule has 8 saturated heterocycles. The van der Waals surface area contributed by atoms with Crippen molar-refractivity contribution in [1.29, 1.82) is 0 Å². The monoisotopic (exact) mass is 1660 g/mol. The Hall–Kier alpha value is -2.27. The highest BCUT2D eigenvalue weighted by Gasteiger charge is 2.71. The first-order chi connectivity index (χ1) is 54.0. The van der Waals surface area contributed by atoms with E-state index in [1.54, 1.807) is 0 Å². The zero-order valence-electron chi connectivity index (χ0n) is 65.9. The van der Waals surface area contributed by atoms with Crippen molar-refractivity contribution in [2.45, 2.75) is 366 Å². The molecule has 0 amide bonds. The van der Waals surface area contributed by atoms with Crippen molar-refractivity contribution in [1.82, 2.24) is 0 Å². The van der Waals surface area contributed by atoms with Crippen LogP contribution >= 0.6 is 0 Å². The molecule has 662 valence electrons. The molecule has 13 rings (SSSR count). The molecule has 39 heteroatoms. The molecule has 115 heavy (non-hydrogen) atoms. The summed E-state index contributed by atoms with van der Waals surface area (Å²) in [4.78, 5) is 16.2. The van der Waals surface area contributed by atoms with Gasteiger partial charge < -0.3 is 188 Å². The SMILES string of the molecule is C[C@@H]1O[C@@H](O[C@@H]2[C@@H](O)[C@@H](O)[C@H](O[C@H]3[C@@H](O[C@@H]4CC[C@]5(C)[C@@H](CC[C@]6(C)[C@@H]5CC=C5[C@@H]7CC(C)(C)CC[C@]7(C(=O)O[C@H]7O[C@H](CO[C@H]8O[C@@H](CO)[C@H](O[C@H]9O[C@@H](C)[C@@H](O)[C@@H](O)[C@@H]9O)[C@@H](O)[C@@H]8O)[C@@H](O)[C@H](O)[C@H]7O[C@H]7OC[C@@H](O)[C@H](O)[C@@H]7O[C@@H]7O[C@H](CO)[C@H](O)[C@H](O)[C@H]7O)CC[C@@]56C)[C@@]4(C)CO)OC[C@@H](O)[C@H]3O)O[C@H]2C)[C@@H](O)[C@H](O)[C@H]1O. The van der Waals surface area contributed by atoms with E-state index in [9.17, 15) is 112 Å². The number of carbonyl (C=O) groups excluding carboxylic acids is 1. The molecule has 8 heterocycles. The molecule has 5 aliphatic carbocycles. The van der Waals surface area contributed by atoms with Crippen molar-refractivity contribution >= 4 is 5.97 Å². The zero-order valence-corrected chi connectivity index (χ0v) is 65.9. The van der Waals surface area contributed by atoms with Crippen LogP contribution in [-0.4, -0.2) is 397 Å². The molecule has 0 radical (unpaired) electrons. The average molecular weight is 1660 g/mol. The van der Waals surface area contributed by atoms with E-state index in [-0.39, 0.29) is 43.3 Å². The van der Waals surface area contributed by atoms with Crippen molar-refractivity contribution in [3.05, 3.63) is 11.6 Å². The number of allylic oxidation sites excluding steroid dienone is 2. The van der Waals surface area contributed by atoms with Crippen LogP contribution in [0.2, 0.25) is 0 Å². The molecule has 4 saturated carbocycles. The molecule has 0 unspecified atom stereocenters. The van der Waals surface area contributed by atoms with Gasteiger partial charge in [0.15, 0.2) is 50.1 Å². The van der Waals surface area contributed by atoms with Gasteiger partial charge in [0, 0.05) is 5.41 Å². The summed E-state index contributed by atoms with van der Waals surface area (Å²) in [6, 6.07) is 0. The number of carbonyl (C=O) groups is 1. The third kappa shape index (κ3) is 16.1. The number of aliphatic hydroxyl groups is 22. The molecule has 12 fully saturated rings. The van der Waals surface area contributed by atoms with Crippen LogP contribution in [0.5, 0.6) is 0 Å². The summed E-state index contributed by atoms with van der Waals surface area (Å²) in [7, 11) is 0. The van der Waals surface area contributed by atoms with Gasteiger partial charge in [-0.2, -0.15) is 0 Å². The Morgan fingerprint density at radius 3 is 1.44 bits per heavy atom. The molecule has 0 aromatic carbocycles. The van der Waals surface area contributed by atoms with E-state index in [0.717, 1.165) is 5.57 Å². The van der Waals surface area contributed by atoms with Gasteiger partial charge in [-0.25, -0.2) is 0 Å². The summed E-state index contributed by atoms with van der Waals surface area (Å²) in [5, 5.41) is 243. The summed E-state index contributed by atoms with van der Waals surface area (Å²) in [6.45, 7) is 13.3. The number of hydrogen-bond donors (Lipinski definition) is 22. The van der Waals surface area contributed by atoms with Gasteiger partial charge in [0.1, 0.15) is 159 Å². The number of hydrogen-bond acceptors (Lipinski definition) is 39. The predicted molar refractivity (Wildman–Crippen MR) is 379 cm³/mol. The lowest BCUT2D eigenvalue weighted by molar-refractivity contribution is -0.385. The van der Waals surface area contributed by atoms with Gasteiger partial charge in [-0.15, -0.1) is 0 Å². The number of esters is 1. The maximum absolute atomic E-state index is 16.2. The Labute approximate surface area is 664 Å². The summed E-state index contributed by atoms with van der Waals surface area (Å²) in [5.41, 5.74) is -3.14. The standard InChI is InChI=1S/C76H124O39/c1-27-40(82)46(88)52(94)63(103-27)110-57-29(3)105-65(56(98)50(57)92)112-59-42(84)32(80)23-100-67(59)109-39-13-14-72(6)37(73(39,7)26-79)12-15-75(9)38(72)11-10-30-31-20-71(4,5)16-18-76(31,19-17-74(30,75)8)70(99)115-69-61(114-68-60(43(85)33(81)24-101-68)113-66-54(96)48(90)44(86)34(21-77)106-66)49(91)45(87)36(108-69)25-102-62-55(97)51(93)58(35(22-78)107-62)111-64-53(95)47(89)41(83)28(2)104-64/h10,27-29,31-69,77-98H,11-26H2,1-9H3/t27-,28-,29-,31-,32+,33+,34+,35-,36+,37+,38+,39+,40-,41+,42+,43-,44-,45+,46+,47+,48-,49-,50-,51-,52-,53-,54+,55-,56+,57-,58-,59+,60-,61+,62-,63-,64+,65-,66-,67+,68+,69+,72+,73+,74-,75+,76-/m0/s1. The van der Waals surface area contributed by atoms with Gasteiger partial charge in [-0.05, 0) is 124 Å². The van der Waals surface area contributed by atoms with Crippen LogP contribution in [0.25, 0.3) is 0 Å². The minimum absolute atomic E-state index is 0.0307. The maximum Gasteiger partial charge on any atom is 0.315 e. The van der Waals surface area contributed by atoms with E-state index < -0.39 is 305 Å². The van der Waals surface area contributed by atoms with Gasteiger partial charge in [-0.3, -0.25) is 4.79 Å². The van der Waals surface area contributed by atoms with Crippen molar-refractivity contribution in [3.63, 3.8) is 0 Å². The Morgan fingerprint density at radius 1 is 0.417 bits per heavy atom. The number of ether oxygens (including phenoxy) is 16. The molecular formula is C76H124O39. The quantitative estimate of drug-likeness (QED) is 0.0306. The van der Waals surface area contributed by atoms with Crippen molar-refractivity contribution in [2.24, 2.45) is 50.2 Å². The van der Waals surface area contributed by atoms with Crippen LogP contribution in [0.3, 0.4) is 0 Å². The molecule has 0 spiro atoms. The second-order valence-electron chi connectivity index (χ2n) is 36.4. The van der Waals surface area contributed by atoms with E-state index >= 15 is 4.79 Å². The summed E-state index contributed by atoms with van der Waals surface area (Å²) in [5.74, 6) is -1.53. The van der Waals surface area contributed by atoms with E-state index in [2.05, 4.69) is 40.7 Å². The van der Waals surface area contributed by atoms with Crippen LogP contribution in [0.1, 0.15) is 127 Å². The van der Waals surface area contributed by atoms with Crippen molar-refractivity contribution in [3.8, 4) is 0 Å². The fourth-order valence-electron chi connectivity index (χ4n) is 21.6. The molecule has 47 atom stereocenters. The normalized spacial score (nSPS) is 55.5. The highest BCUT2D eigenvalue weighted by atomic mass is 16.8. The Morgan fingerprint density at radius 2 is 0.870 bits per heavy atom. The van der Waals surface area contributed by atoms with E-state index in [0.29, 0.717) is 51.4 Å². The number of rotatable bonds is 20. The van der Waals surface area contributed by atoms with Crippen LogP contribution < -0.4 is 0 Å². The Balaban J connectivity index is 0.744. The van der Waals surface area contributed by atoms with Crippen molar-refractivity contribution < 1.29 is 193 Å². The minimum Gasteiger partial charge on any atom is -0.432 e. The van der Waals surface area contributed by atoms with Crippen molar-refractivity contribution in [2.75, 3.05) is 39.6 Å². The summed E-state index contributed by atoms with van der Waals surface area (Å²) in [6.07, 6.45) is -59.1. The van der Waals surface area contributed by atoms with Gasteiger partial charge in [0.25, 0.3) is 0 Å². The molecule has 22 N–H and O–H groups in total. The largest absolute Gasteiger partial charge is 0.432 e. The van der Waals surface area contributed by atoms with E-state index in [1.807, 2.05) is 6.92 Å². The van der Waals surface area contributed by atoms with Gasteiger partial charge in [0.2, 0.25) is 6.29 Å². The predicted octanol–water partition coefficient (Wildman–Crippen LogP) is -7.41. The first kappa shape index (κ1) is 90.5. The lowest BCUT2D eigenvalue weighted by Gasteiger charge is -2.71. The van der Waals surface area contributed by atoms with E-state index in [1.165, 1.54) is 20.8 Å². The molecule has 8 aliphatic heterocycles. The van der Waals surface area contributed by atoms with Crippen LogP contribution in [0.15, 0.2) is 11.6 Å². The highest BCUT2D eigenvalue weighted by Crippen LogP contribution is 2.76. The Kier molecular flexibility index (Phi) is 27.3. The third-order valence-electron chi connectivity index (χ3n) is 29.1. The molecule has 13 aliphatic rings. The van der Waals surface area contributed by atoms with Gasteiger partial charge in [-0.1, -0.05) is 53.2 Å². The number of fused-ring (bicyclic) bond motifs is 7. The molecule has 39 nitrogen and oxygen atoms in total. The summed E-state index contributed by atoms with van der Waals surface area (Å²) >= 11 is 0. The fraction of sp³-hybridized carbons (Fsp3) is 0.961.